The standard InChI is InChI=1S/C23H16N2O4/c26-21-16-20(17-10-4-1-5-11-17)24(19-14-8-3-9-15-19)22(27)23(21,25(28)29)18-12-6-2-7-13-18/h1-16H. The molecule has 142 valence electrons. The second-order valence-corrected chi connectivity index (χ2v) is 6.57. The molecule has 0 aliphatic carbocycles. The lowest BCUT2D eigenvalue weighted by Gasteiger charge is -2.35. The highest BCUT2D eigenvalue weighted by molar-refractivity contribution is 6.28. The molecule has 3 aromatic rings. The quantitative estimate of drug-likeness (QED) is 0.389. The van der Waals surface area contributed by atoms with Gasteiger partial charge in [0.1, 0.15) is 0 Å². The number of para-hydroxylation sites is 1. The fourth-order valence-corrected chi connectivity index (χ4v) is 3.54. The normalized spacial score (nSPS) is 19.0. The maximum atomic E-state index is 13.7. The third-order valence-electron chi connectivity index (χ3n) is 4.93. The minimum Gasteiger partial charge on any atom is -0.286 e. The van der Waals surface area contributed by atoms with E-state index in [1.54, 1.807) is 72.8 Å². The molecular weight excluding hydrogens is 368 g/mol. The van der Waals surface area contributed by atoms with Crippen LogP contribution in [0.3, 0.4) is 0 Å². The second-order valence-electron chi connectivity index (χ2n) is 6.57. The molecule has 1 aliphatic rings. The first-order chi connectivity index (χ1) is 14.1. The van der Waals surface area contributed by atoms with Crippen molar-refractivity contribution in [2.45, 2.75) is 5.54 Å². The Balaban J connectivity index is 2.01. The van der Waals surface area contributed by atoms with E-state index in [2.05, 4.69) is 0 Å². The van der Waals surface area contributed by atoms with Crippen LogP contribution >= 0.6 is 0 Å². The fraction of sp³-hybridized carbons (Fsp3) is 0.0435. The minimum absolute atomic E-state index is 0.0318. The summed E-state index contributed by atoms with van der Waals surface area (Å²) in [6.45, 7) is 0. The molecule has 0 spiro atoms. The number of nitro groups is 1. The molecule has 0 aromatic heterocycles. The summed E-state index contributed by atoms with van der Waals surface area (Å²) in [5, 5.41) is 12.2. The summed E-state index contributed by atoms with van der Waals surface area (Å²) in [5.74, 6) is -1.78. The van der Waals surface area contributed by atoms with Crippen molar-refractivity contribution in [3.05, 3.63) is 118 Å². The van der Waals surface area contributed by atoms with Crippen LogP contribution in [0, 0.1) is 10.1 Å². The second kappa shape index (κ2) is 7.16. The number of amides is 1. The largest absolute Gasteiger partial charge is 0.385 e. The SMILES string of the molecule is O=C1C=C(c2ccccc2)N(c2ccccc2)C(=O)C1(c1ccccc1)[N+](=O)[O-]. The minimum atomic E-state index is -2.53. The van der Waals surface area contributed by atoms with E-state index in [0.717, 1.165) is 0 Å². The van der Waals surface area contributed by atoms with Crippen molar-refractivity contribution in [1.82, 2.24) is 0 Å². The van der Waals surface area contributed by atoms with Gasteiger partial charge < -0.3 is 0 Å². The Morgan fingerprint density at radius 3 is 1.83 bits per heavy atom. The topological polar surface area (TPSA) is 80.5 Å². The number of hydrogen-bond donors (Lipinski definition) is 0. The van der Waals surface area contributed by atoms with Crippen LogP contribution in [0.25, 0.3) is 5.70 Å². The van der Waals surface area contributed by atoms with Crippen LogP contribution in [0.2, 0.25) is 0 Å². The predicted molar refractivity (Wildman–Crippen MR) is 108 cm³/mol. The summed E-state index contributed by atoms with van der Waals surface area (Å²) < 4.78 is 0. The summed E-state index contributed by atoms with van der Waals surface area (Å²) >= 11 is 0. The highest BCUT2D eigenvalue weighted by Crippen LogP contribution is 2.39. The van der Waals surface area contributed by atoms with E-state index in [1.165, 1.54) is 23.1 Å². The van der Waals surface area contributed by atoms with Crippen LogP contribution in [0.5, 0.6) is 0 Å². The van der Waals surface area contributed by atoms with Crippen LogP contribution in [0.4, 0.5) is 5.69 Å². The molecule has 1 atom stereocenters. The number of hydrogen-bond acceptors (Lipinski definition) is 4. The Hall–Kier alpha value is -4.06. The number of nitrogens with zero attached hydrogens (tertiary/aromatic N) is 2. The van der Waals surface area contributed by atoms with Crippen molar-refractivity contribution >= 4 is 23.1 Å². The first kappa shape index (κ1) is 18.3. The van der Waals surface area contributed by atoms with Gasteiger partial charge in [-0.3, -0.25) is 24.6 Å². The average molecular weight is 384 g/mol. The van der Waals surface area contributed by atoms with E-state index < -0.39 is 22.2 Å². The molecule has 1 heterocycles. The summed E-state index contributed by atoms with van der Waals surface area (Å²) in [5.41, 5.74) is -1.13. The van der Waals surface area contributed by atoms with Crippen LogP contribution in [0.15, 0.2) is 97.1 Å². The maximum absolute atomic E-state index is 13.7. The van der Waals surface area contributed by atoms with Crippen molar-refractivity contribution in [1.29, 1.82) is 0 Å². The van der Waals surface area contributed by atoms with E-state index in [9.17, 15) is 19.7 Å². The number of ketones is 1. The van der Waals surface area contributed by atoms with Gasteiger partial charge in [-0.2, -0.15) is 0 Å². The van der Waals surface area contributed by atoms with Crippen molar-refractivity contribution in [3.63, 3.8) is 0 Å². The molecule has 1 aliphatic heterocycles. The molecule has 1 unspecified atom stereocenters. The lowest BCUT2D eigenvalue weighted by molar-refractivity contribution is -0.542. The van der Waals surface area contributed by atoms with E-state index in [4.69, 9.17) is 0 Å². The zero-order valence-electron chi connectivity index (χ0n) is 15.3. The monoisotopic (exact) mass is 384 g/mol. The van der Waals surface area contributed by atoms with E-state index >= 15 is 0 Å². The molecule has 6 heteroatoms. The highest BCUT2D eigenvalue weighted by Gasteiger charge is 2.63. The Kier molecular flexibility index (Phi) is 4.52. The third-order valence-corrected chi connectivity index (χ3v) is 4.93. The van der Waals surface area contributed by atoms with Crippen LogP contribution in [-0.2, 0) is 15.1 Å². The van der Waals surface area contributed by atoms with Crippen molar-refractivity contribution in [2.24, 2.45) is 0 Å². The van der Waals surface area contributed by atoms with Crippen molar-refractivity contribution in [3.8, 4) is 0 Å². The summed E-state index contributed by atoms with van der Waals surface area (Å²) in [6.07, 6.45) is 1.19. The molecular formula is C23H16N2O4. The van der Waals surface area contributed by atoms with Gasteiger partial charge in [-0.05, 0) is 17.7 Å². The molecule has 4 rings (SSSR count). The van der Waals surface area contributed by atoms with Gasteiger partial charge in [0.25, 0.3) is 0 Å². The number of carbonyl (C=O) groups is 2. The first-order valence-electron chi connectivity index (χ1n) is 8.98. The predicted octanol–water partition coefficient (Wildman–Crippen LogP) is 3.82. The summed E-state index contributed by atoms with van der Waals surface area (Å²) in [4.78, 5) is 39.6. The van der Waals surface area contributed by atoms with Crippen molar-refractivity contribution in [2.75, 3.05) is 4.90 Å². The first-order valence-corrected chi connectivity index (χ1v) is 8.98. The summed E-state index contributed by atoms with van der Waals surface area (Å²) in [6, 6.07) is 25.2. The molecule has 0 saturated heterocycles. The lowest BCUT2D eigenvalue weighted by atomic mass is 9.81. The fourth-order valence-electron chi connectivity index (χ4n) is 3.54. The summed E-state index contributed by atoms with van der Waals surface area (Å²) in [7, 11) is 0. The van der Waals surface area contributed by atoms with Gasteiger partial charge in [0.15, 0.2) is 0 Å². The van der Waals surface area contributed by atoms with Crippen molar-refractivity contribution < 1.29 is 14.5 Å². The lowest BCUT2D eigenvalue weighted by Crippen LogP contribution is -2.58. The molecule has 6 nitrogen and oxygen atoms in total. The van der Waals surface area contributed by atoms with Gasteiger partial charge >= 0.3 is 11.4 Å². The zero-order chi connectivity index (χ0) is 20.4. The Morgan fingerprint density at radius 2 is 1.28 bits per heavy atom. The zero-order valence-corrected chi connectivity index (χ0v) is 15.3. The van der Waals surface area contributed by atoms with Gasteiger partial charge in [0, 0.05) is 22.3 Å². The molecule has 3 aromatic carbocycles. The van der Waals surface area contributed by atoms with Crippen LogP contribution in [0.1, 0.15) is 11.1 Å². The number of anilines is 1. The molecule has 0 fully saturated rings. The molecule has 0 radical (unpaired) electrons. The van der Waals surface area contributed by atoms with Crippen LogP contribution in [-0.4, -0.2) is 16.6 Å². The molecule has 0 N–H and O–H groups in total. The average Bonchev–Trinajstić information content (AvgIpc) is 2.75. The number of carbonyl (C=O) groups excluding carboxylic acids is 2. The van der Waals surface area contributed by atoms with Gasteiger partial charge in [-0.25, -0.2) is 0 Å². The molecule has 1 amide bonds. The van der Waals surface area contributed by atoms with E-state index in [1.807, 2.05) is 6.07 Å². The van der Waals surface area contributed by atoms with Gasteiger partial charge in [-0.15, -0.1) is 0 Å². The number of rotatable bonds is 4. The van der Waals surface area contributed by atoms with E-state index in [0.29, 0.717) is 16.9 Å². The highest BCUT2D eigenvalue weighted by atomic mass is 16.6. The maximum Gasteiger partial charge on any atom is 0.385 e. The molecule has 29 heavy (non-hydrogen) atoms. The molecule has 0 saturated carbocycles. The number of benzene rings is 3. The van der Waals surface area contributed by atoms with Gasteiger partial charge in [0.2, 0.25) is 5.78 Å². The van der Waals surface area contributed by atoms with Crippen LogP contribution < -0.4 is 4.90 Å². The van der Waals surface area contributed by atoms with E-state index in [-0.39, 0.29) is 5.56 Å². The molecule has 0 bridgehead atoms. The van der Waals surface area contributed by atoms with Gasteiger partial charge in [-0.1, -0.05) is 78.9 Å². The van der Waals surface area contributed by atoms with Gasteiger partial charge in [0.05, 0.1) is 5.70 Å². The Morgan fingerprint density at radius 1 is 0.759 bits per heavy atom. The smallest absolute Gasteiger partial charge is 0.286 e. The Labute approximate surface area is 166 Å². The third kappa shape index (κ3) is 2.82. The Bertz CT molecular complexity index is 1110.